The van der Waals surface area contributed by atoms with Crippen LogP contribution in [0, 0.1) is 58.2 Å². The van der Waals surface area contributed by atoms with Crippen LogP contribution in [0.15, 0.2) is 99.3 Å². The van der Waals surface area contributed by atoms with Gasteiger partial charge in [0.25, 0.3) is 0 Å². The van der Waals surface area contributed by atoms with E-state index in [4.69, 9.17) is 14.7 Å². The van der Waals surface area contributed by atoms with Crippen LogP contribution in [-0.4, -0.2) is 23.7 Å². The molecule has 1 spiro atoms. The van der Waals surface area contributed by atoms with Gasteiger partial charge in [0.1, 0.15) is 11.9 Å². The maximum Gasteiger partial charge on any atom is 0.154 e. The molecule has 0 bridgehead atoms. The second-order valence-electron chi connectivity index (χ2n) is 15.8. The van der Waals surface area contributed by atoms with Gasteiger partial charge >= 0.3 is 0 Å². The van der Waals surface area contributed by atoms with Crippen LogP contribution in [0.2, 0.25) is 0 Å². The van der Waals surface area contributed by atoms with Gasteiger partial charge < -0.3 is 4.74 Å². The van der Waals surface area contributed by atoms with E-state index in [1.807, 2.05) is 0 Å². The molecule has 10 atom stereocenters. The van der Waals surface area contributed by atoms with Crippen LogP contribution >= 0.6 is 0 Å². The number of nitriles is 1. The number of hydrogen-bond donors (Lipinski definition) is 0. The van der Waals surface area contributed by atoms with Gasteiger partial charge in [0, 0.05) is 34.4 Å². The van der Waals surface area contributed by atoms with Crippen molar-refractivity contribution in [2.75, 3.05) is 0 Å². The van der Waals surface area contributed by atoms with Crippen LogP contribution in [-0.2, 0) is 4.74 Å². The number of fused-ring (bicyclic) bond motifs is 7. The molecule has 2 fully saturated rings. The quantitative estimate of drug-likeness (QED) is 0.315. The lowest BCUT2D eigenvalue weighted by atomic mass is 9.50. The fourth-order valence-electron chi connectivity index (χ4n) is 11.9. The molecule has 4 nitrogen and oxygen atoms in total. The first-order valence-electron chi connectivity index (χ1n) is 18.9. The zero-order chi connectivity index (χ0) is 31.5. The van der Waals surface area contributed by atoms with Gasteiger partial charge in [-0.1, -0.05) is 86.1 Å². The Hall–Kier alpha value is -3.45. The number of hydrogen-bond acceptors (Lipinski definition) is 4. The Morgan fingerprint density at radius 2 is 1.77 bits per heavy atom. The largest absolute Gasteiger partial charge is 0.490 e. The molecule has 0 aromatic heterocycles. The van der Waals surface area contributed by atoms with Crippen molar-refractivity contribution >= 4 is 11.5 Å². The highest BCUT2D eigenvalue weighted by atomic mass is 16.5. The van der Waals surface area contributed by atoms with E-state index in [2.05, 4.69) is 79.8 Å². The summed E-state index contributed by atoms with van der Waals surface area (Å²) in [6.07, 6.45) is 29.6. The van der Waals surface area contributed by atoms with E-state index in [1.165, 1.54) is 56.4 Å². The first-order valence-corrected chi connectivity index (χ1v) is 18.9. The standard InChI is InChI=1S/C43H49N3O/c1-27-40(29-13-4-2-5-14-29)45-42(30-15-6-3-7-16-30)46-41(27)32-17-12-20-35-39(32)31-24-23-28(26-44)25-36(31)43(35)33-18-8-10-21-37(33)47-38-22-11-9-19-34(38)43/h2-4,6-7,10,15-16,21,23-24,27-29,32,34-35,38-40H,5,8-9,11-14,17-20,22,25H2,1H3. The molecule has 0 amide bonds. The van der Waals surface area contributed by atoms with E-state index in [9.17, 15) is 5.26 Å². The molecule has 6 aliphatic carbocycles. The third-order valence-corrected chi connectivity index (χ3v) is 13.7. The van der Waals surface area contributed by atoms with E-state index in [-0.39, 0.29) is 23.5 Å². The monoisotopic (exact) mass is 623 g/mol. The molecule has 2 heterocycles. The van der Waals surface area contributed by atoms with Gasteiger partial charge in [0.05, 0.1) is 18.0 Å². The van der Waals surface area contributed by atoms with Crippen molar-refractivity contribution in [1.29, 1.82) is 5.26 Å². The average Bonchev–Trinajstić information content (AvgIpc) is 3.43. The van der Waals surface area contributed by atoms with Gasteiger partial charge in [0.15, 0.2) is 5.84 Å². The molecule has 0 N–H and O–H groups in total. The Morgan fingerprint density at radius 3 is 2.62 bits per heavy atom. The average molecular weight is 624 g/mol. The SMILES string of the molecule is CC1C(C2CCCC3C2C2=C(CC(C#N)C=C2)C32C3=C(C=CCC3)OC3CCCCC32)=NC(c2ccccc2)=NC1C1CC=CCC1. The molecule has 47 heavy (non-hydrogen) atoms. The number of ether oxygens (including phenoxy) is 1. The summed E-state index contributed by atoms with van der Waals surface area (Å²) in [4.78, 5) is 11.1. The molecule has 242 valence electrons. The summed E-state index contributed by atoms with van der Waals surface area (Å²) >= 11 is 0. The maximum absolute atomic E-state index is 10.3. The summed E-state index contributed by atoms with van der Waals surface area (Å²) < 4.78 is 6.94. The highest BCUT2D eigenvalue weighted by Gasteiger charge is 2.65. The van der Waals surface area contributed by atoms with Gasteiger partial charge in [0.2, 0.25) is 0 Å². The molecular weight excluding hydrogens is 574 g/mol. The molecule has 10 unspecified atom stereocenters. The Kier molecular flexibility index (Phi) is 7.52. The molecule has 1 aromatic carbocycles. The Bertz CT molecular complexity index is 1680. The first kappa shape index (κ1) is 29.7. The van der Waals surface area contributed by atoms with Crippen LogP contribution in [0.1, 0.15) is 96.0 Å². The van der Waals surface area contributed by atoms with Crippen LogP contribution < -0.4 is 0 Å². The van der Waals surface area contributed by atoms with E-state index in [0.717, 1.165) is 49.9 Å². The summed E-state index contributed by atoms with van der Waals surface area (Å²) in [5.41, 5.74) is 7.38. The lowest BCUT2D eigenvalue weighted by Gasteiger charge is -2.57. The van der Waals surface area contributed by atoms with Crippen molar-refractivity contribution in [2.24, 2.45) is 56.8 Å². The van der Waals surface area contributed by atoms with Crippen LogP contribution in [0.5, 0.6) is 0 Å². The highest BCUT2D eigenvalue weighted by Crippen LogP contribution is 2.71. The van der Waals surface area contributed by atoms with Crippen molar-refractivity contribution in [3.8, 4) is 6.07 Å². The second kappa shape index (κ2) is 11.9. The number of allylic oxidation sites excluding steroid dienone is 9. The number of nitrogens with zero attached hydrogens (tertiary/aromatic N) is 3. The second-order valence-corrected chi connectivity index (χ2v) is 15.8. The lowest BCUT2D eigenvalue weighted by Crippen LogP contribution is -2.53. The van der Waals surface area contributed by atoms with Gasteiger partial charge in [-0.2, -0.15) is 5.26 Å². The van der Waals surface area contributed by atoms with Gasteiger partial charge in [-0.25, -0.2) is 4.99 Å². The zero-order valence-corrected chi connectivity index (χ0v) is 28.0. The third kappa shape index (κ3) is 4.58. The molecule has 2 aliphatic heterocycles. The minimum absolute atomic E-state index is 0.0182. The minimum Gasteiger partial charge on any atom is -0.490 e. The summed E-state index contributed by atoms with van der Waals surface area (Å²) in [5, 5.41) is 10.3. The van der Waals surface area contributed by atoms with Gasteiger partial charge in [-0.15, -0.1) is 0 Å². The van der Waals surface area contributed by atoms with Gasteiger partial charge in [-0.05, 0) is 106 Å². The van der Waals surface area contributed by atoms with Crippen molar-refractivity contribution < 1.29 is 4.74 Å². The predicted octanol–water partition coefficient (Wildman–Crippen LogP) is 9.87. The van der Waals surface area contributed by atoms with E-state index < -0.39 is 0 Å². The molecule has 4 heteroatoms. The number of benzene rings is 1. The van der Waals surface area contributed by atoms with Gasteiger partial charge in [-0.3, -0.25) is 4.99 Å². The summed E-state index contributed by atoms with van der Waals surface area (Å²) in [6.45, 7) is 2.46. The molecule has 0 radical (unpaired) electrons. The molecule has 9 rings (SSSR count). The van der Waals surface area contributed by atoms with E-state index >= 15 is 0 Å². The summed E-state index contributed by atoms with van der Waals surface area (Å²) in [7, 11) is 0. The fraction of sp³-hybridized carbons (Fsp3) is 0.558. The van der Waals surface area contributed by atoms with Crippen molar-refractivity contribution in [3.63, 3.8) is 0 Å². The normalized spacial score (nSPS) is 40.5. The maximum atomic E-state index is 10.3. The zero-order valence-electron chi connectivity index (χ0n) is 28.0. The van der Waals surface area contributed by atoms with E-state index in [0.29, 0.717) is 35.5 Å². The van der Waals surface area contributed by atoms with Crippen molar-refractivity contribution in [2.45, 2.75) is 103 Å². The van der Waals surface area contributed by atoms with Crippen LogP contribution in [0.4, 0.5) is 0 Å². The Balaban J connectivity index is 1.20. The molecule has 2 saturated carbocycles. The molecule has 1 aromatic rings. The Labute approximate surface area is 281 Å². The van der Waals surface area contributed by atoms with Crippen molar-refractivity contribution in [1.82, 2.24) is 0 Å². The smallest absolute Gasteiger partial charge is 0.154 e. The van der Waals surface area contributed by atoms with Crippen molar-refractivity contribution in [3.05, 3.63) is 94.8 Å². The predicted molar refractivity (Wildman–Crippen MR) is 189 cm³/mol. The van der Waals surface area contributed by atoms with Crippen LogP contribution in [0.25, 0.3) is 0 Å². The topological polar surface area (TPSA) is 57.7 Å². The number of rotatable bonds is 3. The highest BCUT2D eigenvalue weighted by molar-refractivity contribution is 6.10. The lowest BCUT2D eigenvalue weighted by molar-refractivity contribution is -0.0630. The molecule has 0 saturated heterocycles. The number of amidine groups is 1. The minimum atomic E-state index is -0.0382. The summed E-state index contributed by atoms with van der Waals surface area (Å²) in [5.74, 6) is 4.89. The van der Waals surface area contributed by atoms with Crippen LogP contribution in [0.3, 0.4) is 0 Å². The summed E-state index contributed by atoms with van der Waals surface area (Å²) in [6, 6.07) is 13.7. The Morgan fingerprint density at radius 1 is 0.894 bits per heavy atom. The molecule has 8 aliphatic rings. The third-order valence-electron chi connectivity index (χ3n) is 13.7. The fourth-order valence-corrected chi connectivity index (χ4v) is 11.9. The first-order chi connectivity index (χ1) is 23.2. The molecular formula is C43H49N3O. The number of aliphatic imine (C=N–C) groups is 2. The van der Waals surface area contributed by atoms with E-state index in [1.54, 1.807) is 16.7 Å².